The van der Waals surface area contributed by atoms with Gasteiger partial charge in [0.25, 0.3) is 5.91 Å². The summed E-state index contributed by atoms with van der Waals surface area (Å²) < 4.78 is 0. The predicted molar refractivity (Wildman–Crippen MR) is 52.6 cm³/mol. The molecule has 0 bridgehead atoms. The van der Waals surface area contributed by atoms with Gasteiger partial charge in [-0.15, -0.1) is 0 Å². The van der Waals surface area contributed by atoms with E-state index in [1.807, 2.05) is 0 Å². The first-order valence-corrected chi connectivity index (χ1v) is 4.56. The molecule has 86 valence electrons. The number of amides is 1. The van der Waals surface area contributed by atoms with E-state index in [0.717, 1.165) is 0 Å². The first-order chi connectivity index (χ1) is 7.61. The van der Waals surface area contributed by atoms with Gasteiger partial charge in [0.2, 0.25) is 0 Å². The van der Waals surface area contributed by atoms with Gasteiger partial charge in [-0.25, -0.2) is 9.78 Å². The molecule has 1 amide bonds. The fraction of sp³-hybridized carbons (Fsp3) is 0.333. The molecular formula is C9H11N3O4. The molecule has 0 saturated carbocycles. The Kier molecular flexibility index (Phi) is 4.34. The molecule has 0 aliphatic rings. The maximum atomic E-state index is 11.4. The molecule has 0 radical (unpaired) electrons. The van der Waals surface area contributed by atoms with Gasteiger partial charge in [-0.3, -0.25) is 9.78 Å². The third-order valence-electron chi connectivity index (χ3n) is 1.78. The zero-order valence-electron chi connectivity index (χ0n) is 8.33. The van der Waals surface area contributed by atoms with Gasteiger partial charge in [-0.05, 0) is 0 Å². The van der Waals surface area contributed by atoms with Crippen LogP contribution in [0.2, 0.25) is 0 Å². The zero-order valence-corrected chi connectivity index (χ0v) is 8.33. The van der Waals surface area contributed by atoms with E-state index in [4.69, 9.17) is 10.2 Å². The van der Waals surface area contributed by atoms with Gasteiger partial charge < -0.3 is 15.5 Å². The number of hydrogen-bond donors (Lipinski definition) is 3. The van der Waals surface area contributed by atoms with Crippen molar-refractivity contribution in [3.05, 3.63) is 24.3 Å². The number of aliphatic hydroxyl groups excluding tert-OH is 1. The van der Waals surface area contributed by atoms with Crippen molar-refractivity contribution in [1.82, 2.24) is 15.3 Å². The highest BCUT2D eigenvalue weighted by molar-refractivity contribution is 5.91. The summed E-state index contributed by atoms with van der Waals surface area (Å²) in [5.41, 5.74) is 0.146. The fourth-order valence-corrected chi connectivity index (χ4v) is 0.953. The van der Waals surface area contributed by atoms with Crippen LogP contribution in [0.4, 0.5) is 0 Å². The number of carbonyl (C=O) groups excluding carboxylic acids is 1. The molecular weight excluding hydrogens is 214 g/mol. The monoisotopic (exact) mass is 225 g/mol. The standard InChI is InChI=1S/C9H11N3O4/c13-7(9(15)16)1-2-12-8(14)6-5-10-3-4-11-6/h3-5,7,13H,1-2H2,(H,12,14)(H,15,16)/t7-/m0/s1. The van der Waals surface area contributed by atoms with E-state index in [9.17, 15) is 9.59 Å². The second-order valence-corrected chi connectivity index (χ2v) is 2.99. The average Bonchev–Trinajstić information content (AvgIpc) is 2.29. The largest absolute Gasteiger partial charge is 0.479 e. The van der Waals surface area contributed by atoms with Crippen molar-refractivity contribution < 1.29 is 19.8 Å². The Bertz CT molecular complexity index is 368. The van der Waals surface area contributed by atoms with Gasteiger partial charge >= 0.3 is 5.97 Å². The zero-order chi connectivity index (χ0) is 12.0. The van der Waals surface area contributed by atoms with E-state index >= 15 is 0 Å². The van der Waals surface area contributed by atoms with Crippen molar-refractivity contribution in [2.45, 2.75) is 12.5 Å². The summed E-state index contributed by atoms with van der Waals surface area (Å²) in [7, 11) is 0. The Morgan fingerprint density at radius 1 is 1.44 bits per heavy atom. The van der Waals surface area contributed by atoms with Crippen molar-refractivity contribution in [3.63, 3.8) is 0 Å². The molecule has 0 spiro atoms. The Hall–Kier alpha value is -2.02. The lowest BCUT2D eigenvalue weighted by Crippen LogP contribution is -2.30. The topological polar surface area (TPSA) is 112 Å². The molecule has 7 heteroatoms. The number of carboxylic acid groups (broad SMARTS) is 1. The molecule has 0 aromatic carbocycles. The van der Waals surface area contributed by atoms with Crippen LogP contribution in [0.25, 0.3) is 0 Å². The van der Waals surface area contributed by atoms with Crippen LogP contribution in [0.1, 0.15) is 16.9 Å². The molecule has 0 unspecified atom stereocenters. The summed E-state index contributed by atoms with van der Waals surface area (Å²) in [5.74, 6) is -1.76. The SMILES string of the molecule is O=C(NCC[C@H](O)C(=O)O)c1cnccn1. The third-order valence-corrected chi connectivity index (χ3v) is 1.78. The van der Waals surface area contributed by atoms with E-state index < -0.39 is 18.0 Å². The molecule has 16 heavy (non-hydrogen) atoms. The van der Waals surface area contributed by atoms with Crippen molar-refractivity contribution in [1.29, 1.82) is 0 Å². The highest BCUT2D eigenvalue weighted by Crippen LogP contribution is 1.92. The summed E-state index contributed by atoms with van der Waals surface area (Å²) in [6, 6.07) is 0. The van der Waals surface area contributed by atoms with Crippen LogP contribution in [0, 0.1) is 0 Å². The van der Waals surface area contributed by atoms with Crippen LogP contribution in [0.15, 0.2) is 18.6 Å². The minimum absolute atomic E-state index is 0.0542. The minimum atomic E-state index is -1.47. The summed E-state index contributed by atoms with van der Waals surface area (Å²) in [5, 5.41) is 19.7. The molecule has 1 aromatic heterocycles. The van der Waals surface area contributed by atoms with E-state index in [1.165, 1.54) is 18.6 Å². The van der Waals surface area contributed by atoms with E-state index in [2.05, 4.69) is 15.3 Å². The number of nitrogens with one attached hydrogen (secondary N) is 1. The fourth-order valence-electron chi connectivity index (χ4n) is 0.953. The number of nitrogens with zero attached hydrogens (tertiary/aromatic N) is 2. The van der Waals surface area contributed by atoms with Crippen LogP contribution in [-0.2, 0) is 4.79 Å². The number of carboxylic acids is 1. The molecule has 1 rings (SSSR count). The van der Waals surface area contributed by atoms with Gasteiger partial charge in [-0.1, -0.05) is 0 Å². The Morgan fingerprint density at radius 3 is 2.75 bits per heavy atom. The Labute approximate surface area is 91.2 Å². The number of aromatic nitrogens is 2. The first-order valence-electron chi connectivity index (χ1n) is 4.56. The van der Waals surface area contributed by atoms with Crippen molar-refractivity contribution in [3.8, 4) is 0 Å². The first kappa shape index (κ1) is 12.1. The second-order valence-electron chi connectivity index (χ2n) is 2.99. The molecule has 3 N–H and O–H groups in total. The van der Waals surface area contributed by atoms with Crippen molar-refractivity contribution in [2.24, 2.45) is 0 Å². The van der Waals surface area contributed by atoms with Crippen molar-refractivity contribution >= 4 is 11.9 Å². The number of carbonyl (C=O) groups is 2. The highest BCUT2D eigenvalue weighted by atomic mass is 16.4. The maximum Gasteiger partial charge on any atom is 0.332 e. The van der Waals surface area contributed by atoms with Crippen LogP contribution in [0.3, 0.4) is 0 Å². The quantitative estimate of drug-likeness (QED) is 0.595. The number of rotatable bonds is 5. The van der Waals surface area contributed by atoms with Crippen LogP contribution < -0.4 is 5.32 Å². The molecule has 0 saturated heterocycles. The normalized spacial score (nSPS) is 11.8. The summed E-state index contributed by atoms with van der Waals surface area (Å²) in [4.78, 5) is 29.1. The third kappa shape index (κ3) is 3.62. The van der Waals surface area contributed by atoms with Crippen LogP contribution in [0.5, 0.6) is 0 Å². The number of hydrogen-bond acceptors (Lipinski definition) is 5. The molecule has 1 atom stereocenters. The second kappa shape index (κ2) is 5.76. The van der Waals surface area contributed by atoms with Gasteiger partial charge in [-0.2, -0.15) is 0 Å². The lowest BCUT2D eigenvalue weighted by atomic mass is 10.2. The molecule has 7 nitrogen and oxygen atoms in total. The van der Waals surface area contributed by atoms with Gasteiger partial charge in [0.15, 0.2) is 6.10 Å². The molecule has 0 aliphatic heterocycles. The van der Waals surface area contributed by atoms with Gasteiger partial charge in [0.05, 0.1) is 6.20 Å². The Balaban J connectivity index is 2.34. The van der Waals surface area contributed by atoms with Crippen LogP contribution >= 0.6 is 0 Å². The number of aliphatic carboxylic acids is 1. The smallest absolute Gasteiger partial charge is 0.332 e. The van der Waals surface area contributed by atoms with Crippen LogP contribution in [-0.4, -0.2) is 44.7 Å². The molecule has 0 aliphatic carbocycles. The van der Waals surface area contributed by atoms with Gasteiger partial charge in [0.1, 0.15) is 5.69 Å². The summed E-state index contributed by atoms with van der Waals surface area (Å²) in [6.07, 6.45) is 2.58. The average molecular weight is 225 g/mol. The number of aliphatic hydroxyl groups is 1. The van der Waals surface area contributed by atoms with E-state index in [0.29, 0.717) is 0 Å². The predicted octanol–water partition coefficient (Wildman–Crippen LogP) is -0.958. The maximum absolute atomic E-state index is 11.4. The summed E-state index contributed by atoms with van der Waals surface area (Å²) in [6.45, 7) is 0.0584. The van der Waals surface area contributed by atoms with Crippen molar-refractivity contribution in [2.75, 3.05) is 6.54 Å². The minimum Gasteiger partial charge on any atom is -0.479 e. The molecule has 1 aromatic rings. The van der Waals surface area contributed by atoms with E-state index in [-0.39, 0.29) is 18.7 Å². The lowest BCUT2D eigenvalue weighted by Gasteiger charge is -2.06. The highest BCUT2D eigenvalue weighted by Gasteiger charge is 2.13. The molecule has 0 fully saturated rings. The lowest BCUT2D eigenvalue weighted by molar-refractivity contribution is -0.146. The Morgan fingerprint density at radius 2 is 2.19 bits per heavy atom. The summed E-state index contributed by atoms with van der Waals surface area (Å²) >= 11 is 0. The van der Waals surface area contributed by atoms with E-state index in [1.54, 1.807) is 0 Å². The molecule has 1 heterocycles. The van der Waals surface area contributed by atoms with Gasteiger partial charge in [0, 0.05) is 25.4 Å².